The van der Waals surface area contributed by atoms with E-state index in [0.717, 1.165) is 84.0 Å². The van der Waals surface area contributed by atoms with E-state index in [9.17, 15) is 48.3 Å². The van der Waals surface area contributed by atoms with Gasteiger partial charge in [0.15, 0.2) is 51.4 Å². The van der Waals surface area contributed by atoms with Crippen molar-refractivity contribution in [3.8, 4) is 34.5 Å². The summed E-state index contributed by atoms with van der Waals surface area (Å²) in [7, 11) is 0. The van der Waals surface area contributed by atoms with Crippen LogP contribution in [0.3, 0.4) is 0 Å². The third kappa shape index (κ3) is 25.7. The maximum atomic E-state index is 13.9. The average Bonchev–Trinajstić information content (AvgIpc) is 1.68. The van der Waals surface area contributed by atoms with Crippen LogP contribution >= 0.6 is 81.7 Å². The highest BCUT2D eigenvalue weighted by atomic mass is 35.5. The molecule has 2 heterocycles. The van der Waals surface area contributed by atoms with E-state index >= 15 is 0 Å². The predicted molar refractivity (Wildman–Crippen MR) is 494 cm³/mol. The summed E-state index contributed by atoms with van der Waals surface area (Å²) in [5.41, 5.74) is 5.42. The standard InChI is InChI=1S/C33H36ClNO6S.C31H32ClNO6S.C27H34O4S.C7H4Cl2O2/c1-7-39-31(37)33(4,5)41-30-20(2)16-23(17-21(30)3)25-18-35(32(38)40-28-11-9-8-10-27(28)34)19-26(25)29(36)22-12-14-24(42-6)15-13-22;1-18-14-21(15-19(2)28(18)39-31(3,4)29(35)36)23-16-33(30(37)38-26-9-7-6-8-25(26)32)17-24(23)27(34)20-10-12-22(40-5)13-11-20;1-7-30-26(29)27(4,5)31-25-17(2)15-20(16-18(25)3)22-9-8-10-23(22)24(28)19-11-13-21(32-6)14-12-19;8-5-3-1-2-4-6(5)11-7(9)10/h8-17,25-26H,7,18-19H2,1-6H3;6-15,23-24H,16-17H2,1-5H3,(H,35,36);11-16,22-23H,7-10H2,1-6H3;1-4H/t25-,26?;23-,24?;22-,23?;/m111./s1. The van der Waals surface area contributed by atoms with Crippen molar-refractivity contribution < 1.29 is 86.2 Å². The molecule has 2 amide bonds. The molecule has 0 bridgehead atoms. The highest BCUT2D eigenvalue weighted by molar-refractivity contribution is 7.99. The van der Waals surface area contributed by atoms with Gasteiger partial charge >= 0.3 is 35.5 Å². The maximum absolute atomic E-state index is 13.9. The molecule has 1 saturated carbocycles. The molecule has 2 aliphatic heterocycles. The van der Waals surface area contributed by atoms with Crippen molar-refractivity contribution in [3.05, 3.63) is 264 Å². The topological polar surface area (TPSA) is 254 Å². The van der Waals surface area contributed by atoms with Gasteiger partial charge in [-0.15, -0.1) is 35.3 Å². The zero-order chi connectivity index (χ0) is 91.5. The van der Waals surface area contributed by atoms with Crippen molar-refractivity contribution in [2.24, 2.45) is 17.8 Å². The smallest absolute Gasteiger partial charge is 0.415 e. The number of aliphatic carboxylic acids is 1. The van der Waals surface area contributed by atoms with Gasteiger partial charge in [-0.25, -0.2) is 28.8 Å². The third-order valence-corrected chi connectivity index (χ3v) is 25.0. The van der Waals surface area contributed by atoms with Crippen molar-refractivity contribution in [1.29, 1.82) is 0 Å². The van der Waals surface area contributed by atoms with E-state index in [1.165, 1.54) is 24.3 Å². The van der Waals surface area contributed by atoms with Crippen LogP contribution in [0.2, 0.25) is 15.1 Å². The first-order valence-electron chi connectivity index (χ1n) is 40.8. The highest BCUT2D eigenvalue weighted by Gasteiger charge is 2.45. The molecular weight excluding hydrogens is 1730 g/mol. The lowest BCUT2D eigenvalue weighted by atomic mass is 9.82. The Morgan fingerprint density at radius 2 is 0.680 bits per heavy atom. The number of likely N-dealkylation sites (tertiary alicyclic amines) is 2. The molecule has 2 saturated heterocycles. The number of Topliss-reactive ketones (excluding diaryl/α,β-unsaturated/α-hetero) is 3. The van der Waals surface area contributed by atoms with Gasteiger partial charge in [-0.3, -0.25) is 14.4 Å². The number of carboxylic acids is 1. The Bertz CT molecular complexity index is 5320. The Morgan fingerprint density at radius 3 is 0.968 bits per heavy atom. The molecule has 9 aromatic carbocycles. The molecule has 9 aromatic rings. The quantitative estimate of drug-likeness (QED) is 0.0229. The van der Waals surface area contributed by atoms with E-state index in [0.29, 0.717) is 50.1 Å². The fourth-order valence-corrected chi connectivity index (χ4v) is 17.1. The number of hydrogen-bond acceptors (Lipinski definition) is 20. The van der Waals surface area contributed by atoms with Crippen LogP contribution in [0.5, 0.6) is 34.5 Å². The second kappa shape index (κ2) is 44.4. The van der Waals surface area contributed by atoms with Gasteiger partial charge in [0.25, 0.3) is 0 Å². The number of carbonyl (C=O) groups excluding carboxylic acids is 8. The minimum Gasteiger partial charge on any atom is -0.478 e. The molecule has 27 heteroatoms. The van der Waals surface area contributed by atoms with Gasteiger partial charge < -0.3 is 52.8 Å². The first-order valence-corrected chi connectivity index (χ1v) is 46.0. The van der Waals surface area contributed by atoms with Gasteiger partial charge in [-0.1, -0.05) is 150 Å². The van der Waals surface area contributed by atoms with Crippen LogP contribution in [0.25, 0.3) is 0 Å². The molecule has 3 unspecified atom stereocenters. The van der Waals surface area contributed by atoms with E-state index in [1.54, 1.807) is 155 Å². The fourth-order valence-electron chi connectivity index (χ4n) is 15.3. The number of carboxylic acid groups (broad SMARTS) is 1. The molecule has 1 aliphatic carbocycles. The van der Waals surface area contributed by atoms with Crippen LogP contribution in [0, 0.1) is 59.3 Å². The van der Waals surface area contributed by atoms with Crippen molar-refractivity contribution in [2.75, 3.05) is 58.2 Å². The second-order valence-electron chi connectivity index (χ2n) is 32.1. The first-order chi connectivity index (χ1) is 59.2. The number of para-hydroxylation sites is 3. The van der Waals surface area contributed by atoms with E-state index < -0.39 is 58.2 Å². The molecule has 12 rings (SSSR count). The zero-order valence-corrected chi connectivity index (χ0v) is 78.6. The number of rotatable bonds is 26. The summed E-state index contributed by atoms with van der Waals surface area (Å²) in [4.78, 5) is 120. The Hall–Kier alpha value is -9.98. The number of amides is 2. The van der Waals surface area contributed by atoms with E-state index in [-0.39, 0.29) is 97.0 Å². The summed E-state index contributed by atoms with van der Waals surface area (Å²) in [6, 6.07) is 55.0. The van der Waals surface area contributed by atoms with Crippen molar-refractivity contribution in [2.45, 2.75) is 165 Å². The van der Waals surface area contributed by atoms with Crippen LogP contribution in [0.1, 0.15) is 174 Å². The normalized spacial score (nSPS) is 16.6. The summed E-state index contributed by atoms with van der Waals surface area (Å²) in [6.07, 6.45) is 7.83. The monoisotopic (exact) mass is 1830 g/mol. The van der Waals surface area contributed by atoms with Gasteiger partial charge in [0.1, 0.15) is 17.2 Å². The summed E-state index contributed by atoms with van der Waals surface area (Å²) in [6.45, 7) is 26.4. The number of ketones is 3. The number of halogens is 4. The maximum Gasteiger partial charge on any atom is 0.415 e. The lowest BCUT2D eigenvalue weighted by molar-refractivity contribution is -0.159. The van der Waals surface area contributed by atoms with Gasteiger partial charge in [0.2, 0.25) is 0 Å². The molecule has 125 heavy (non-hydrogen) atoms. The minimum absolute atomic E-state index is 0.00308. The fraction of sp³-hybridized carbons (Fsp3) is 0.357. The van der Waals surface area contributed by atoms with Gasteiger partial charge in [-0.05, 0) is 257 Å². The summed E-state index contributed by atoms with van der Waals surface area (Å²) in [5, 5.41) is 10.5. The van der Waals surface area contributed by atoms with Crippen LogP contribution in [-0.2, 0) is 23.9 Å². The summed E-state index contributed by atoms with van der Waals surface area (Å²) >= 11 is 27.9. The molecule has 20 nitrogen and oxygen atoms in total. The van der Waals surface area contributed by atoms with Crippen molar-refractivity contribution >= 4 is 135 Å². The molecular formula is C98H106Cl4N2O18S3. The van der Waals surface area contributed by atoms with Gasteiger partial charge in [0, 0.05) is 98.7 Å². The van der Waals surface area contributed by atoms with E-state index in [2.05, 4.69) is 16.9 Å². The number of hydrogen-bond donors (Lipinski definition) is 1. The number of carbonyl (C=O) groups is 9. The Labute approximate surface area is 764 Å². The second-order valence-corrected chi connectivity index (χ2v) is 36.2. The predicted octanol–water partition coefficient (Wildman–Crippen LogP) is 24.1. The van der Waals surface area contributed by atoms with Crippen LogP contribution in [0.15, 0.2) is 197 Å². The van der Waals surface area contributed by atoms with E-state index in [1.807, 2.05) is 157 Å². The number of nitrogens with zero attached hydrogens (tertiary/aromatic N) is 2. The average molecular weight is 1840 g/mol. The van der Waals surface area contributed by atoms with Crippen LogP contribution in [0.4, 0.5) is 14.4 Å². The number of thioether (sulfide) groups is 3. The van der Waals surface area contributed by atoms with Gasteiger partial charge in [-0.2, -0.15) is 0 Å². The van der Waals surface area contributed by atoms with Crippen LogP contribution in [-0.4, -0.2) is 143 Å². The number of ether oxygens (including phenoxy) is 8. The SMILES string of the molecule is CCOC(=O)C(C)(C)Oc1c(C)cc([C@H]2CCCC2C(=O)c2ccc(SC)cc2)cc1C.CCOC(=O)C(C)(C)Oc1c(C)cc([C@H]2CN(C(=O)Oc3ccccc3Cl)CC2C(=O)c2ccc(SC)cc2)cc1C.CSc1ccc(C(=O)C2CN(C(=O)Oc3ccccc3Cl)C[C@@H]2c2cc(C)c(OC(C)(C)C(=O)O)c(C)c2)cc1.O=C(Cl)Oc1ccccc1Cl. The van der Waals surface area contributed by atoms with Crippen molar-refractivity contribution in [1.82, 2.24) is 9.80 Å². The molecule has 0 aromatic heterocycles. The molecule has 0 spiro atoms. The van der Waals surface area contributed by atoms with E-state index in [4.69, 9.17) is 79.6 Å². The number of esters is 2. The third-order valence-electron chi connectivity index (χ3n) is 21.8. The summed E-state index contributed by atoms with van der Waals surface area (Å²) < 4.78 is 44.2. The number of benzene rings is 9. The van der Waals surface area contributed by atoms with Gasteiger partial charge in [0.05, 0.1) is 28.3 Å². The molecule has 662 valence electrons. The Morgan fingerprint density at radius 1 is 0.392 bits per heavy atom. The summed E-state index contributed by atoms with van der Waals surface area (Å²) in [5.74, 6) is -0.617. The molecule has 1 N–H and O–H groups in total. The largest absolute Gasteiger partial charge is 0.478 e. The number of aryl methyl sites for hydroxylation is 6. The Balaban J connectivity index is 0.000000201. The van der Waals surface area contributed by atoms with Crippen molar-refractivity contribution in [3.63, 3.8) is 0 Å². The molecule has 6 atom stereocenters. The minimum atomic E-state index is -1.41. The molecule has 3 aliphatic rings. The zero-order valence-electron chi connectivity index (χ0n) is 73.2. The molecule has 3 fully saturated rings. The lowest BCUT2D eigenvalue weighted by Gasteiger charge is -2.27. The first kappa shape index (κ1) is 98.8. The Kier molecular flexibility index (Phi) is 35.1. The molecule has 0 radical (unpaired) electrons. The lowest BCUT2D eigenvalue weighted by Crippen LogP contribution is -2.40. The van der Waals surface area contributed by atoms with Crippen LogP contribution < -0.4 is 28.4 Å². The highest BCUT2D eigenvalue weighted by Crippen LogP contribution is 2.46.